The van der Waals surface area contributed by atoms with Gasteiger partial charge in [0.1, 0.15) is 0 Å². The number of aliphatic hydroxyl groups is 1. The molecule has 0 atom stereocenters. The summed E-state index contributed by atoms with van der Waals surface area (Å²) in [6.45, 7) is 2.42. The highest BCUT2D eigenvalue weighted by atomic mass is 32.2. The van der Waals surface area contributed by atoms with Crippen molar-refractivity contribution in [3.05, 3.63) is 18.0 Å². The second-order valence-electron chi connectivity index (χ2n) is 5.05. The van der Waals surface area contributed by atoms with E-state index < -0.39 is 10.0 Å². The van der Waals surface area contributed by atoms with E-state index in [4.69, 9.17) is 5.11 Å². The second-order valence-corrected chi connectivity index (χ2v) is 6.82. The van der Waals surface area contributed by atoms with Gasteiger partial charge in [-0.25, -0.2) is 13.1 Å². The van der Waals surface area contributed by atoms with Crippen LogP contribution in [0.5, 0.6) is 0 Å². The van der Waals surface area contributed by atoms with Crippen LogP contribution in [0.3, 0.4) is 0 Å². The number of aromatic nitrogens is 1. The van der Waals surface area contributed by atoms with Gasteiger partial charge in [-0.2, -0.15) is 0 Å². The summed E-state index contributed by atoms with van der Waals surface area (Å²) in [6.07, 6.45) is 5.80. The molecule has 6 heteroatoms. The van der Waals surface area contributed by atoms with Gasteiger partial charge in [-0.3, -0.25) is 0 Å². The van der Waals surface area contributed by atoms with E-state index >= 15 is 0 Å². The molecule has 1 aromatic rings. The minimum Gasteiger partial charge on any atom is -0.390 e. The number of H-pyrrole nitrogens is 1. The van der Waals surface area contributed by atoms with Gasteiger partial charge in [0.25, 0.3) is 0 Å². The monoisotopic (exact) mass is 272 g/mol. The fourth-order valence-electron chi connectivity index (χ4n) is 2.33. The van der Waals surface area contributed by atoms with Crippen molar-refractivity contribution < 1.29 is 13.5 Å². The molecule has 1 aliphatic carbocycles. The van der Waals surface area contributed by atoms with Crippen molar-refractivity contribution in [3.8, 4) is 0 Å². The predicted octanol–water partition coefficient (Wildman–Crippen LogP) is 1.37. The van der Waals surface area contributed by atoms with E-state index in [1.807, 2.05) is 0 Å². The predicted molar refractivity (Wildman–Crippen MR) is 68.5 cm³/mol. The zero-order chi connectivity index (χ0) is 13.2. The van der Waals surface area contributed by atoms with E-state index in [0.29, 0.717) is 12.2 Å². The Labute approximate surface area is 108 Å². The lowest BCUT2D eigenvalue weighted by atomic mass is 9.67. The summed E-state index contributed by atoms with van der Waals surface area (Å²) in [6, 6.07) is 1.46. The summed E-state index contributed by atoms with van der Waals surface area (Å²) in [5.74, 6) is 0. The maximum absolute atomic E-state index is 12.1. The average Bonchev–Trinajstić information content (AvgIpc) is 2.77. The van der Waals surface area contributed by atoms with Gasteiger partial charge in [-0.1, -0.05) is 13.3 Å². The van der Waals surface area contributed by atoms with Gasteiger partial charge in [0, 0.05) is 18.4 Å². The van der Waals surface area contributed by atoms with Crippen molar-refractivity contribution in [3.63, 3.8) is 0 Å². The molecule has 1 heterocycles. The molecule has 102 valence electrons. The Bertz CT molecular complexity index is 498. The summed E-state index contributed by atoms with van der Waals surface area (Å²) in [4.78, 5) is 2.92. The first-order valence-corrected chi connectivity index (χ1v) is 7.77. The molecule has 0 amide bonds. The molecule has 3 N–H and O–H groups in total. The third-order valence-electron chi connectivity index (χ3n) is 4.00. The molecule has 0 spiro atoms. The molecule has 18 heavy (non-hydrogen) atoms. The van der Waals surface area contributed by atoms with Gasteiger partial charge in [0.2, 0.25) is 10.0 Å². The van der Waals surface area contributed by atoms with Crippen LogP contribution in [0.15, 0.2) is 17.2 Å². The molecule has 0 bridgehead atoms. The number of rotatable bonds is 6. The molecule has 0 saturated heterocycles. The Morgan fingerprint density at radius 1 is 1.50 bits per heavy atom. The first kappa shape index (κ1) is 13.6. The Morgan fingerprint density at radius 2 is 2.22 bits per heavy atom. The molecule has 1 saturated carbocycles. The van der Waals surface area contributed by atoms with Gasteiger partial charge in [0.05, 0.1) is 11.5 Å². The smallest absolute Gasteiger partial charge is 0.242 e. The van der Waals surface area contributed by atoms with Crippen LogP contribution < -0.4 is 4.72 Å². The van der Waals surface area contributed by atoms with Crippen LogP contribution in [0.1, 0.15) is 38.3 Å². The lowest BCUT2D eigenvalue weighted by Gasteiger charge is -2.41. The van der Waals surface area contributed by atoms with Gasteiger partial charge in [-0.15, -0.1) is 0 Å². The Balaban J connectivity index is 2.03. The van der Waals surface area contributed by atoms with Crippen LogP contribution in [0, 0.1) is 5.41 Å². The summed E-state index contributed by atoms with van der Waals surface area (Å²) in [5.41, 5.74) is 0.660. The third-order valence-corrected chi connectivity index (χ3v) is 5.38. The fraction of sp³-hybridized carbons (Fsp3) is 0.667. The molecule has 1 fully saturated rings. The molecule has 0 unspecified atom stereocenters. The highest BCUT2D eigenvalue weighted by molar-refractivity contribution is 7.89. The lowest BCUT2D eigenvalue weighted by Crippen LogP contribution is -2.41. The summed E-state index contributed by atoms with van der Waals surface area (Å²) in [7, 11) is -3.46. The quantitative estimate of drug-likeness (QED) is 0.731. The van der Waals surface area contributed by atoms with Gasteiger partial charge in [0.15, 0.2) is 0 Å². The molecule has 0 aliphatic heterocycles. The normalized spacial score (nSPS) is 18.6. The summed E-state index contributed by atoms with van der Waals surface area (Å²) >= 11 is 0. The minimum atomic E-state index is -3.46. The highest BCUT2D eigenvalue weighted by Crippen LogP contribution is 2.43. The van der Waals surface area contributed by atoms with E-state index in [1.54, 1.807) is 0 Å². The number of hydrogen-bond acceptors (Lipinski definition) is 3. The van der Waals surface area contributed by atoms with Crippen molar-refractivity contribution in [2.75, 3.05) is 6.54 Å². The molecule has 5 nitrogen and oxygen atoms in total. The molecule has 1 aliphatic rings. The van der Waals surface area contributed by atoms with Gasteiger partial charge >= 0.3 is 0 Å². The Hall–Kier alpha value is -0.850. The van der Waals surface area contributed by atoms with Gasteiger partial charge < -0.3 is 10.1 Å². The Morgan fingerprint density at radius 3 is 2.67 bits per heavy atom. The maximum atomic E-state index is 12.1. The standard InChI is InChI=1S/C12H20N2O3S/c1-2-12(4-3-5-12)9-14-18(16,17)11-6-10(8-15)13-7-11/h6-7,13-15H,2-5,8-9H2,1H3. The van der Waals surface area contributed by atoms with E-state index in [2.05, 4.69) is 16.6 Å². The van der Waals surface area contributed by atoms with E-state index in [0.717, 1.165) is 19.3 Å². The number of aromatic amines is 1. The highest BCUT2D eigenvalue weighted by Gasteiger charge is 2.36. The van der Waals surface area contributed by atoms with Crippen molar-refractivity contribution >= 4 is 10.0 Å². The van der Waals surface area contributed by atoms with Crippen molar-refractivity contribution in [2.24, 2.45) is 5.41 Å². The van der Waals surface area contributed by atoms with Crippen LogP contribution in [0.25, 0.3) is 0 Å². The zero-order valence-corrected chi connectivity index (χ0v) is 11.4. The largest absolute Gasteiger partial charge is 0.390 e. The maximum Gasteiger partial charge on any atom is 0.242 e. The fourth-order valence-corrected chi connectivity index (χ4v) is 3.50. The third kappa shape index (κ3) is 2.60. The van der Waals surface area contributed by atoms with E-state index in [-0.39, 0.29) is 16.9 Å². The molecule has 1 aromatic heterocycles. The number of aliphatic hydroxyl groups excluding tert-OH is 1. The summed E-state index contributed by atoms with van der Waals surface area (Å²) in [5, 5.41) is 8.91. The second kappa shape index (κ2) is 5.03. The topological polar surface area (TPSA) is 82.2 Å². The zero-order valence-electron chi connectivity index (χ0n) is 10.6. The minimum absolute atomic E-state index is 0.156. The lowest BCUT2D eigenvalue weighted by molar-refractivity contribution is 0.133. The Kier molecular flexibility index (Phi) is 3.79. The van der Waals surface area contributed by atoms with Crippen LogP contribution in [0.2, 0.25) is 0 Å². The van der Waals surface area contributed by atoms with Crippen LogP contribution >= 0.6 is 0 Å². The molecule has 2 rings (SSSR count). The van der Waals surface area contributed by atoms with Crippen molar-refractivity contribution in [2.45, 2.75) is 44.1 Å². The number of nitrogens with one attached hydrogen (secondary N) is 2. The van der Waals surface area contributed by atoms with Crippen molar-refractivity contribution in [1.82, 2.24) is 9.71 Å². The SMILES string of the molecule is CCC1(CNS(=O)(=O)c2c[nH]c(CO)c2)CCC1. The first-order chi connectivity index (χ1) is 8.51. The number of sulfonamides is 1. The van der Waals surface area contributed by atoms with Crippen LogP contribution in [-0.2, 0) is 16.6 Å². The van der Waals surface area contributed by atoms with Gasteiger partial charge in [-0.05, 0) is 30.7 Å². The number of hydrogen-bond donors (Lipinski definition) is 3. The van der Waals surface area contributed by atoms with Crippen LogP contribution in [-0.4, -0.2) is 25.1 Å². The molecule has 0 aromatic carbocycles. The molecular formula is C12H20N2O3S. The van der Waals surface area contributed by atoms with E-state index in [9.17, 15) is 8.42 Å². The van der Waals surface area contributed by atoms with E-state index in [1.165, 1.54) is 18.7 Å². The first-order valence-electron chi connectivity index (χ1n) is 6.29. The molecular weight excluding hydrogens is 252 g/mol. The molecule has 0 radical (unpaired) electrons. The van der Waals surface area contributed by atoms with Crippen LogP contribution in [0.4, 0.5) is 0 Å². The average molecular weight is 272 g/mol. The summed E-state index contributed by atoms with van der Waals surface area (Å²) < 4.78 is 26.8. The van der Waals surface area contributed by atoms with Crippen molar-refractivity contribution in [1.29, 1.82) is 0 Å².